The van der Waals surface area contributed by atoms with Crippen molar-refractivity contribution in [3.05, 3.63) is 64.3 Å². The molecule has 0 unspecified atom stereocenters. The summed E-state index contributed by atoms with van der Waals surface area (Å²) in [4.78, 5) is 16.5. The van der Waals surface area contributed by atoms with Crippen LogP contribution in [0.3, 0.4) is 0 Å². The number of hydrogen-bond donors (Lipinski definition) is 2. The molecular formula is C18H16BrFN4O2. The highest BCUT2D eigenvalue weighted by atomic mass is 79.9. The third-order valence-corrected chi connectivity index (χ3v) is 4.36. The number of carbonyl (C=O) groups excluding carboxylic acids is 1. The van der Waals surface area contributed by atoms with E-state index in [0.29, 0.717) is 21.8 Å². The van der Waals surface area contributed by atoms with E-state index in [1.807, 2.05) is 13.8 Å². The van der Waals surface area contributed by atoms with Gasteiger partial charge in [0.15, 0.2) is 5.69 Å². The lowest BCUT2D eigenvalue weighted by Crippen LogP contribution is -2.13. The molecule has 0 aliphatic rings. The Labute approximate surface area is 157 Å². The minimum atomic E-state index is -0.353. The van der Waals surface area contributed by atoms with Gasteiger partial charge in [0.05, 0.1) is 22.1 Å². The molecule has 0 saturated carbocycles. The molecule has 134 valence electrons. The maximum Gasteiger partial charge on any atom is 0.277 e. The molecule has 0 radical (unpaired) electrons. The summed E-state index contributed by atoms with van der Waals surface area (Å²) in [6.07, 6.45) is 1.47. The molecule has 8 heteroatoms. The van der Waals surface area contributed by atoms with Gasteiger partial charge in [-0.25, -0.2) is 9.37 Å². The van der Waals surface area contributed by atoms with Gasteiger partial charge in [0.1, 0.15) is 11.6 Å². The molecule has 0 spiro atoms. The van der Waals surface area contributed by atoms with Crippen molar-refractivity contribution >= 4 is 27.5 Å². The molecule has 0 saturated heterocycles. The second kappa shape index (κ2) is 7.65. The van der Waals surface area contributed by atoms with Crippen molar-refractivity contribution in [3.8, 4) is 11.6 Å². The second-order valence-electron chi connectivity index (χ2n) is 5.85. The van der Waals surface area contributed by atoms with Crippen LogP contribution in [-0.2, 0) is 0 Å². The Hall–Kier alpha value is -2.74. The van der Waals surface area contributed by atoms with E-state index in [1.54, 1.807) is 12.1 Å². The van der Waals surface area contributed by atoms with Gasteiger partial charge in [0.25, 0.3) is 5.91 Å². The Bertz CT molecular complexity index is 908. The Balaban J connectivity index is 1.67. The first-order valence-electron chi connectivity index (χ1n) is 7.88. The number of aromatic amines is 1. The summed E-state index contributed by atoms with van der Waals surface area (Å²) < 4.78 is 19.1. The SMILES string of the molecule is CC(C)c1[nH]nc(C(=O)Nc2ccc(Oc3ccc(F)cc3)nc2)c1Br. The van der Waals surface area contributed by atoms with Crippen LogP contribution < -0.4 is 10.1 Å². The number of ether oxygens (including phenoxy) is 1. The van der Waals surface area contributed by atoms with E-state index in [9.17, 15) is 9.18 Å². The summed E-state index contributed by atoms with van der Waals surface area (Å²) in [6, 6.07) is 8.89. The number of rotatable bonds is 5. The molecule has 1 aromatic carbocycles. The van der Waals surface area contributed by atoms with E-state index in [4.69, 9.17) is 4.74 Å². The maximum absolute atomic E-state index is 12.9. The summed E-state index contributed by atoms with van der Waals surface area (Å²) in [5, 5.41) is 9.65. The van der Waals surface area contributed by atoms with Gasteiger partial charge in [0.2, 0.25) is 5.88 Å². The molecular weight excluding hydrogens is 403 g/mol. The molecule has 0 bridgehead atoms. The fraction of sp³-hybridized carbons (Fsp3) is 0.167. The molecule has 0 aliphatic carbocycles. The maximum atomic E-state index is 12.9. The highest BCUT2D eigenvalue weighted by Crippen LogP contribution is 2.26. The Morgan fingerprint density at radius 2 is 1.96 bits per heavy atom. The molecule has 0 atom stereocenters. The number of amides is 1. The lowest BCUT2D eigenvalue weighted by Gasteiger charge is -2.07. The van der Waals surface area contributed by atoms with Crippen molar-refractivity contribution in [1.82, 2.24) is 15.2 Å². The van der Waals surface area contributed by atoms with E-state index >= 15 is 0 Å². The normalized spacial score (nSPS) is 10.8. The summed E-state index contributed by atoms with van der Waals surface area (Å²) in [5.74, 6) is 0.320. The van der Waals surface area contributed by atoms with Crippen molar-refractivity contribution in [2.24, 2.45) is 0 Å². The molecule has 1 amide bonds. The number of carbonyl (C=O) groups is 1. The first-order valence-corrected chi connectivity index (χ1v) is 8.68. The van der Waals surface area contributed by atoms with Gasteiger partial charge in [-0.1, -0.05) is 13.8 Å². The zero-order chi connectivity index (χ0) is 18.7. The van der Waals surface area contributed by atoms with Crippen molar-refractivity contribution in [3.63, 3.8) is 0 Å². The fourth-order valence-electron chi connectivity index (χ4n) is 2.20. The topological polar surface area (TPSA) is 79.9 Å². The average molecular weight is 419 g/mol. The first-order chi connectivity index (χ1) is 12.4. The largest absolute Gasteiger partial charge is 0.439 e. The molecule has 2 N–H and O–H groups in total. The molecule has 2 aromatic heterocycles. The van der Waals surface area contributed by atoms with E-state index < -0.39 is 0 Å². The van der Waals surface area contributed by atoms with Crippen molar-refractivity contribution in [2.45, 2.75) is 19.8 Å². The van der Waals surface area contributed by atoms with Crippen LogP contribution >= 0.6 is 15.9 Å². The van der Waals surface area contributed by atoms with Gasteiger partial charge >= 0.3 is 0 Å². The number of anilines is 1. The lowest BCUT2D eigenvalue weighted by molar-refractivity contribution is 0.102. The minimum Gasteiger partial charge on any atom is -0.439 e. The predicted molar refractivity (Wildman–Crippen MR) is 99.0 cm³/mol. The summed E-state index contributed by atoms with van der Waals surface area (Å²) in [5.41, 5.74) is 1.64. The molecule has 3 aromatic rings. The fourth-order valence-corrected chi connectivity index (χ4v) is 3.02. The van der Waals surface area contributed by atoms with Crippen molar-refractivity contribution in [1.29, 1.82) is 0 Å². The zero-order valence-corrected chi connectivity index (χ0v) is 15.7. The van der Waals surface area contributed by atoms with Crippen LogP contribution in [0.1, 0.15) is 35.9 Å². The van der Waals surface area contributed by atoms with E-state index in [2.05, 4.69) is 36.4 Å². The number of halogens is 2. The number of benzene rings is 1. The number of H-pyrrole nitrogens is 1. The first kappa shape index (κ1) is 18.1. The minimum absolute atomic E-state index is 0.211. The summed E-state index contributed by atoms with van der Waals surface area (Å²) >= 11 is 3.40. The molecule has 26 heavy (non-hydrogen) atoms. The predicted octanol–water partition coefficient (Wildman–Crippen LogP) is 4.87. The lowest BCUT2D eigenvalue weighted by atomic mass is 10.1. The van der Waals surface area contributed by atoms with Gasteiger partial charge in [0, 0.05) is 6.07 Å². The standard InChI is InChI=1S/C18H16BrFN4O2/c1-10(2)16-15(19)17(24-23-16)18(25)22-12-5-8-14(21-9-12)26-13-6-3-11(20)4-7-13/h3-10H,1-2H3,(H,22,25)(H,23,24). The van der Waals surface area contributed by atoms with Crippen molar-refractivity contribution in [2.75, 3.05) is 5.32 Å². The average Bonchev–Trinajstić information content (AvgIpc) is 3.00. The molecule has 3 rings (SSSR count). The molecule has 2 heterocycles. The van der Waals surface area contributed by atoms with Crippen LogP contribution in [0.2, 0.25) is 0 Å². The molecule has 0 aliphatic heterocycles. The summed E-state index contributed by atoms with van der Waals surface area (Å²) in [6.45, 7) is 4.01. The van der Waals surface area contributed by atoms with Gasteiger partial charge in [-0.3, -0.25) is 9.89 Å². The summed E-state index contributed by atoms with van der Waals surface area (Å²) in [7, 11) is 0. The smallest absolute Gasteiger partial charge is 0.277 e. The van der Waals surface area contributed by atoms with Crippen LogP contribution in [0.15, 0.2) is 47.1 Å². The van der Waals surface area contributed by atoms with Crippen LogP contribution in [0, 0.1) is 5.82 Å². The molecule has 6 nitrogen and oxygen atoms in total. The highest BCUT2D eigenvalue weighted by molar-refractivity contribution is 9.10. The van der Waals surface area contributed by atoms with Crippen LogP contribution in [0.25, 0.3) is 0 Å². The number of aromatic nitrogens is 3. The Morgan fingerprint density at radius 3 is 2.54 bits per heavy atom. The van der Waals surface area contributed by atoms with Gasteiger partial charge in [-0.2, -0.15) is 5.10 Å². The second-order valence-corrected chi connectivity index (χ2v) is 6.64. The Morgan fingerprint density at radius 1 is 1.23 bits per heavy atom. The zero-order valence-electron chi connectivity index (χ0n) is 14.1. The van der Waals surface area contributed by atoms with Crippen molar-refractivity contribution < 1.29 is 13.9 Å². The number of nitrogens with zero attached hydrogens (tertiary/aromatic N) is 2. The Kier molecular flexibility index (Phi) is 5.32. The number of hydrogen-bond acceptors (Lipinski definition) is 4. The third kappa shape index (κ3) is 4.08. The van der Waals surface area contributed by atoms with Crippen LogP contribution in [0.4, 0.5) is 10.1 Å². The van der Waals surface area contributed by atoms with E-state index in [0.717, 1.165) is 5.69 Å². The number of nitrogens with one attached hydrogen (secondary N) is 2. The highest BCUT2D eigenvalue weighted by Gasteiger charge is 2.19. The molecule has 0 fully saturated rings. The van der Waals surface area contributed by atoms with Crippen LogP contribution in [-0.4, -0.2) is 21.1 Å². The van der Waals surface area contributed by atoms with Crippen LogP contribution in [0.5, 0.6) is 11.6 Å². The van der Waals surface area contributed by atoms with E-state index in [1.165, 1.54) is 30.5 Å². The number of pyridine rings is 1. The monoisotopic (exact) mass is 418 g/mol. The quantitative estimate of drug-likeness (QED) is 0.618. The van der Waals surface area contributed by atoms with Gasteiger partial charge < -0.3 is 10.1 Å². The van der Waals surface area contributed by atoms with Gasteiger partial charge in [-0.05, 0) is 52.2 Å². The van der Waals surface area contributed by atoms with E-state index in [-0.39, 0.29) is 23.3 Å². The van der Waals surface area contributed by atoms with Gasteiger partial charge in [-0.15, -0.1) is 0 Å². The third-order valence-electron chi connectivity index (χ3n) is 3.56.